The summed E-state index contributed by atoms with van der Waals surface area (Å²) in [5.74, 6) is 0.972. The Morgan fingerprint density at radius 3 is 3.00 bits per heavy atom. The molecule has 1 atom stereocenters. The molecule has 0 radical (unpaired) electrons. The molecule has 1 saturated heterocycles. The third-order valence-electron chi connectivity index (χ3n) is 3.22. The van der Waals surface area contributed by atoms with E-state index in [0.29, 0.717) is 11.6 Å². The van der Waals surface area contributed by atoms with Gasteiger partial charge >= 0.3 is 0 Å². The van der Waals surface area contributed by atoms with Gasteiger partial charge in [-0.3, -0.25) is 0 Å². The highest BCUT2D eigenvalue weighted by Gasteiger charge is 2.20. The van der Waals surface area contributed by atoms with Crippen LogP contribution in [-0.2, 0) is 0 Å². The maximum absolute atomic E-state index is 8.76. The summed E-state index contributed by atoms with van der Waals surface area (Å²) in [4.78, 5) is 6.68. The SMILES string of the molecule is CCN(c1ccc(C#N)cn1)C1CCCNC1. The standard InChI is InChI=1S/C13H18N4/c1-2-17(12-4-3-7-15-10-12)13-6-5-11(8-14)9-16-13/h5-6,9,12,15H,2-4,7,10H2,1H3. The maximum Gasteiger partial charge on any atom is 0.128 e. The molecule has 1 fully saturated rings. The van der Waals surface area contributed by atoms with Crippen molar-refractivity contribution >= 4 is 5.82 Å². The molecule has 0 aliphatic carbocycles. The molecular weight excluding hydrogens is 212 g/mol. The average molecular weight is 230 g/mol. The number of likely N-dealkylation sites (N-methyl/N-ethyl adjacent to an activating group) is 1. The van der Waals surface area contributed by atoms with Crippen molar-refractivity contribution in [1.29, 1.82) is 5.26 Å². The van der Waals surface area contributed by atoms with Crippen LogP contribution in [0.25, 0.3) is 0 Å². The van der Waals surface area contributed by atoms with Crippen LogP contribution in [0.15, 0.2) is 18.3 Å². The fourth-order valence-corrected chi connectivity index (χ4v) is 2.33. The number of nitriles is 1. The molecule has 0 bridgehead atoms. The molecule has 1 aromatic heterocycles. The van der Waals surface area contributed by atoms with Crippen LogP contribution in [0, 0.1) is 11.3 Å². The fourth-order valence-electron chi connectivity index (χ4n) is 2.33. The summed E-state index contributed by atoms with van der Waals surface area (Å²) in [6.07, 6.45) is 4.08. The van der Waals surface area contributed by atoms with Gasteiger partial charge in [0, 0.05) is 25.3 Å². The zero-order valence-corrected chi connectivity index (χ0v) is 10.2. The Bertz CT molecular complexity index is 387. The first-order valence-corrected chi connectivity index (χ1v) is 6.18. The van der Waals surface area contributed by atoms with Gasteiger partial charge in [0.15, 0.2) is 0 Å². The van der Waals surface area contributed by atoms with Crippen LogP contribution in [0.5, 0.6) is 0 Å². The molecule has 4 heteroatoms. The van der Waals surface area contributed by atoms with Gasteiger partial charge in [-0.25, -0.2) is 4.98 Å². The predicted molar refractivity (Wildman–Crippen MR) is 67.9 cm³/mol. The second kappa shape index (κ2) is 5.65. The van der Waals surface area contributed by atoms with Crippen LogP contribution < -0.4 is 10.2 Å². The Kier molecular flexibility index (Phi) is 3.94. The minimum absolute atomic E-state index is 0.522. The first-order chi connectivity index (χ1) is 8.35. The molecule has 1 aromatic rings. The van der Waals surface area contributed by atoms with E-state index in [1.54, 1.807) is 6.20 Å². The quantitative estimate of drug-likeness (QED) is 0.855. The van der Waals surface area contributed by atoms with Crippen LogP contribution in [-0.4, -0.2) is 30.7 Å². The second-order valence-electron chi connectivity index (χ2n) is 4.30. The van der Waals surface area contributed by atoms with Gasteiger partial charge in [0.05, 0.1) is 5.56 Å². The second-order valence-corrected chi connectivity index (χ2v) is 4.30. The lowest BCUT2D eigenvalue weighted by Crippen LogP contribution is -2.46. The molecule has 1 aliphatic rings. The van der Waals surface area contributed by atoms with Gasteiger partial charge in [-0.05, 0) is 38.4 Å². The Morgan fingerprint density at radius 1 is 1.59 bits per heavy atom. The molecule has 17 heavy (non-hydrogen) atoms. The molecule has 2 heterocycles. The Morgan fingerprint density at radius 2 is 2.47 bits per heavy atom. The summed E-state index contributed by atoms with van der Waals surface area (Å²) in [7, 11) is 0. The highest BCUT2D eigenvalue weighted by molar-refractivity contribution is 5.43. The van der Waals surface area contributed by atoms with E-state index in [1.165, 1.54) is 12.8 Å². The van der Waals surface area contributed by atoms with Crippen LogP contribution >= 0.6 is 0 Å². The monoisotopic (exact) mass is 230 g/mol. The normalized spacial score (nSPS) is 19.6. The van der Waals surface area contributed by atoms with Gasteiger partial charge in [-0.15, -0.1) is 0 Å². The van der Waals surface area contributed by atoms with Gasteiger partial charge < -0.3 is 10.2 Å². The average Bonchev–Trinajstić information content (AvgIpc) is 2.42. The lowest BCUT2D eigenvalue weighted by Gasteiger charge is -2.34. The number of aromatic nitrogens is 1. The van der Waals surface area contributed by atoms with E-state index in [9.17, 15) is 0 Å². The third-order valence-corrected chi connectivity index (χ3v) is 3.22. The molecule has 1 N–H and O–H groups in total. The molecular formula is C13H18N4. The zero-order valence-electron chi connectivity index (χ0n) is 10.2. The summed E-state index contributed by atoms with van der Waals surface area (Å²) in [6.45, 7) is 5.24. The van der Waals surface area contributed by atoms with Gasteiger partial charge in [-0.2, -0.15) is 5.26 Å². The number of pyridine rings is 1. The van der Waals surface area contributed by atoms with Crippen molar-refractivity contribution in [2.45, 2.75) is 25.8 Å². The van der Waals surface area contributed by atoms with E-state index in [4.69, 9.17) is 5.26 Å². The van der Waals surface area contributed by atoms with Crippen molar-refractivity contribution in [2.75, 3.05) is 24.5 Å². The number of rotatable bonds is 3. The van der Waals surface area contributed by atoms with E-state index >= 15 is 0 Å². The summed E-state index contributed by atoms with van der Waals surface area (Å²) < 4.78 is 0. The number of nitrogens with zero attached hydrogens (tertiary/aromatic N) is 3. The van der Waals surface area contributed by atoms with Crippen LogP contribution in [0.2, 0.25) is 0 Å². The Labute approximate surface area is 102 Å². The lowest BCUT2D eigenvalue weighted by atomic mass is 10.1. The lowest BCUT2D eigenvalue weighted by molar-refractivity contribution is 0.433. The van der Waals surface area contributed by atoms with E-state index in [-0.39, 0.29) is 0 Å². The predicted octanol–water partition coefficient (Wildman–Crippen LogP) is 1.53. The maximum atomic E-state index is 8.76. The van der Waals surface area contributed by atoms with E-state index < -0.39 is 0 Å². The van der Waals surface area contributed by atoms with Crippen molar-refractivity contribution in [1.82, 2.24) is 10.3 Å². The summed E-state index contributed by atoms with van der Waals surface area (Å²) in [5.41, 5.74) is 0.617. The minimum Gasteiger partial charge on any atom is -0.353 e. The van der Waals surface area contributed by atoms with E-state index in [0.717, 1.165) is 25.5 Å². The molecule has 0 spiro atoms. The van der Waals surface area contributed by atoms with Crippen molar-refractivity contribution in [3.8, 4) is 6.07 Å². The van der Waals surface area contributed by atoms with Gasteiger partial charge in [0.25, 0.3) is 0 Å². The van der Waals surface area contributed by atoms with Crippen LogP contribution in [0.3, 0.4) is 0 Å². The molecule has 1 unspecified atom stereocenters. The molecule has 0 saturated carbocycles. The van der Waals surface area contributed by atoms with Crippen molar-refractivity contribution < 1.29 is 0 Å². The van der Waals surface area contributed by atoms with Gasteiger partial charge in [-0.1, -0.05) is 0 Å². The molecule has 1 aliphatic heterocycles. The van der Waals surface area contributed by atoms with Gasteiger partial charge in [0.1, 0.15) is 11.9 Å². The summed E-state index contributed by atoms with van der Waals surface area (Å²) in [5, 5.41) is 12.2. The largest absolute Gasteiger partial charge is 0.353 e. The highest BCUT2D eigenvalue weighted by atomic mass is 15.2. The molecule has 0 amide bonds. The first-order valence-electron chi connectivity index (χ1n) is 6.18. The molecule has 90 valence electrons. The number of nitrogens with one attached hydrogen (secondary N) is 1. The first kappa shape index (κ1) is 11.9. The molecule has 0 aromatic carbocycles. The molecule has 2 rings (SSSR count). The number of hydrogen-bond donors (Lipinski definition) is 1. The summed E-state index contributed by atoms with van der Waals surface area (Å²) >= 11 is 0. The number of hydrogen-bond acceptors (Lipinski definition) is 4. The molecule has 4 nitrogen and oxygen atoms in total. The number of anilines is 1. The van der Waals surface area contributed by atoms with Crippen LogP contribution in [0.4, 0.5) is 5.82 Å². The minimum atomic E-state index is 0.522. The third kappa shape index (κ3) is 2.75. The van der Waals surface area contributed by atoms with Crippen molar-refractivity contribution in [2.24, 2.45) is 0 Å². The van der Waals surface area contributed by atoms with Crippen molar-refractivity contribution in [3.05, 3.63) is 23.9 Å². The zero-order chi connectivity index (χ0) is 12.1. The Balaban J connectivity index is 2.13. The summed E-state index contributed by atoms with van der Waals surface area (Å²) in [6, 6.07) is 6.40. The fraction of sp³-hybridized carbons (Fsp3) is 0.538. The van der Waals surface area contributed by atoms with E-state index in [2.05, 4.69) is 28.2 Å². The van der Waals surface area contributed by atoms with Gasteiger partial charge in [0.2, 0.25) is 0 Å². The topological polar surface area (TPSA) is 52.0 Å². The van der Waals surface area contributed by atoms with Crippen LogP contribution in [0.1, 0.15) is 25.3 Å². The number of piperidine rings is 1. The highest BCUT2D eigenvalue weighted by Crippen LogP contribution is 2.18. The van der Waals surface area contributed by atoms with E-state index in [1.807, 2.05) is 12.1 Å². The Hall–Kier alpha value is -1.60. The smallest absolute Gasteiger partial charge is 0.128 e. The van der Waals surface area contributed by atoms with Crippen molar-refractivity contribution in [3.63, 3.8) is 0 Å².